The van der Waals surface area contributed by atoms with Gasteiger partial charge in [-0.25, -0.2) is 0 Å². The number of amides is 1. The van der Waals surface area contributed by atoms with Gasteiger partial charge in [-0.05, 0) is 36.2 Å². The van der Waals surface area contributed by atoms with Crippen LogP contribution in [0.25, 0.3) is 22.0 Å². The minimum atomic E-state index is -0.0208. The summed E-state index contributed by atoms with van der Waals surface area (Å²) in [4.78, 5) is 20.8. The highest BCUT2D eigenvalue weighted by Gasteiger charge is 2.13. The zero-order valence-electron chi connectivity index (χ0n) is 19.7. The molecule has 1 aromatic heterocycles. The Balaban J connectivity index is 1.18. The molecular weight excluding hydrogens is 428 g/mol. The van der Waals surface area contributed by atoms with Crippen LogP contribution in [-0.2, 0) is 16.0 Å². The molecule has 2 fully saturated rings. The standard InChI is InChI=1S/C27H34N4O3/c32-27(28-8-1-9-30-10-14-33-15-11-30)23-6-7-24-25(19-29-26(24)18-23)22-4-2-21(3-5-22)20-31-12-16-34-17-13-31/h2-7,18-19,29H,1,8-17,20H2,(H,28,32). The summed E-state index contributed by atoms with van der Waals surface area (Å²) in [5, 5.41) is 4.19. The van der Waals surface area contributed by atoms with Crippen molar-refractivity contribution < 1.29 is 14.3 Å². The Morgan fingerprint density at radius 3 is 2.35 bits per heavy atom. The number of ether oxygens (including phenoxy) is 2. The molecule has 2 N–H and O–H groups in total. The van der Waals surface area contributed by atoms with Crippen LogP contribution < -0.4 is 5.32 Å². The van der Waals surface area contributed by atoms with Crippen molar-refractivity contribution >= 4 is 16.8 Å². The second kappa shape index (κ2) is 11.1. The lowest BCUT2D eigenvalue weighted by Gasteiger charge is -2.26. The van der Waals surface area contributed by atoms with Gasteiger partial charge >= 0.3 is 0 Å². The molecule has 1 amide bonds. The molecule has 7 nitrogen and oxygen atoms in total. The smallest absolute Gasteiger partial charge is 0.251 e. The van der Waals surface area contributed by atoms with E-state index in [1.807, 2.05) is 24.4 Å². The monoisotopic (exact) mass is 462 g/mol. The van der Waals surface area contributed by atoms with E-state index in [4.69, 9.17) is 9.47 Å². The summed E-state index contributed by atoms with van der Waals surface area (Å²) in [5.74, 6) is -0.0208. The SMILES string of the molecule is O=C(NCCCN1CCOCC1)c1ccc2c(-c3ccc(CN4CCOCC4)cc3)c[nH]c2c1. The van der Waals surface area contributed by atoms with Crippen molar-refractivity contribution in [3.63, 3.8) is 0 Å². The number of morpholine rings is 2. The van der Waals surface area contributed by atoms with Gasteiger partial charge in [-0.3, -0.25) is 14.6 Å². The second-order valence-corrected chi connectivity index (χ2v) is 9.11. The maximum atomic E-state index is 12.6. The van der Waals surface area contributed by atoms with Gasteiger partial charge < -0.3 is 19.8 Å². The number of carbonyl (C=O) groups is 1. The molecule has 34 heavy (non-hydrogen) atoms. The molecule has 0 atom stereocenters. The Labute approximate surface area is 201 Å². The predicted octanol–water partition coefficient (Wildman–Crippen LogP) is 3.12. The maximum absolute atomic E-state index is 12.6. The number of benzene rings is 2. The molecule has 2 aromatic carbocycles. The zero-order chi connectivity index (χ0) is 23.2. The molecule has 2 saturated heterocycles. The van der Waals surface area contributed by atoms with Crippen LogP contribution in [0.3, 0.4) is 0 Å². The third-order valence-electron chi connectivity index (χ3n) is 6.76. The number of H-pyrrole nitrogens is 1. The van der Waals surface area contributed by atoms with E-state index in [2.05, 4.69) is 44.4 Å². The quantitative estimate of drug-likeness (QED) is 0.504. The van der Waals surface area contributed by atoms with Crippen LogP contribution >= 0.6 is 0 Å². The van der Waals surface area contributed by atoms with Crippen molar-refractivity contribution in [2.45, 2.75) is 13.0 Å². The van der Waals surface area contributed by atoms with Crippen molar-refractivity contribution in [3.8, 4) is 11.1 Å². The van der Waals surface area contributed by atoms with Crippen molar-refractivity contribution in [2.75, 3.05) is 65.7 Å². The molecule has 0 spiro atoms. The first kappa shape index (κ1) is 23.1. The summed E-state index contributed by atoms with van der Waals surface area (Å²) in [6.45, 7) is 9.85. The summed E-state index contributed by atoms with van der Waals surface area (Å²) >= 11 is 0. The fourth-order valence-corrected chi connectivity index (χ4v) is 4.74. The number of nitrogens with zero attached hydrogens (tertiary/aromatic N) is 2. The molecule has 0 unspecified atom stereocenters. The van der Waals surface area contributed by atoms with Gasteiger partial charge in [0, 0.05) is 67.5 Å². The average Bonchev–Trinajstić information content (AvgIpc) is 3.31. The zero-order valence-corrected chi connectivity index (χ0v) is 19.7. The van der Waals surface area contributed by atoms with Crippen LogP contribution in [0.2, 0.25) is 0 Å². The molecule has 3 aromatic rings. The third-order valence-corrected chi connectivity index (χ3v) is 6.76. The normalized spacial score (nSPS) is 17.8. The van der Waals surface area contributed by atoms with E-state index >= 15 is 0 Å². The molecule has 0 bridgehead atoms. The summed E-state index contributed by atoms with van der Waals surface area (Å²) in [5.41, 5.74) is 5.32. The minimum absolute atomic E-state index is 0.0208. The molecule has 2 aliphatic heterocycles. The van der Waals surface area contributed by atoms with E-state index in [1.54, 1.807) is 0 Å². The third kappa shape index (κ3) is 5.67. The van der Waals surface area contributed by atoms with Crippen LogP contribution in [0, 0.1) is 0 Å². The molecule has 180 valence electrons. The van der Waals surface area contributed by atoms with Crippen LogP contribution in [0.4, 0.5) is 0 Å². The first-order valence-electron chi connectivity index (χ1n) is 12.4. The minimum Gasteiger partial charge on any atom is -0.379 e. The van der Waals surface area contributed by atoms with E-state index < -0.39 is 0 Å². The van der Waals surface area contributed by atoms with Crippen LogP contribution in [0.1, 0.15) is 22.3 Å². The van der Waals surface area contributed by atoms with E-state index in [1.165, 1.54) is 11.1 Å². The highest BCUT2D eigenvalue weighted by molar-refractivity contribution is 6.01. The molecule has 0 saturated carbocycles. The Morgan fingerprint density at radius 2 is 1.62 bits per heavy atom. The second-order valence-electron chi connectivity index (χ2n) is 9.11. The van der Waals surface area contributed by atoms with Gasteiger partial charge in [0.05, 0.1) is 26.4 Å². The van der Waals surface area contributed by atoms with Gasteiger partial charge in [0.25, 0.3) is 5.91 Å². The average molecular weight is 463 g/mol. The molecular formula is C27H34N4O3. The first-order valence-corrected chi connectivity index (χ1v) is 12.4. The molecule has 0 radical (unpaired) electrons. The van der Waals surface area contributed by atoms with Gasteiger partial charge in [-0.1, -0.05) is 30.3 Å². The number of carbonyl (C=O) groups excluding carboxylic acids is 1. The Hall–Kier alpha value is -2.71. The lowest BCUT2D eigenvalue weighted by Crippen LogP contribution is -2.38. The lowest BCUT2D eigenvalue weighted by atomic mass is 10.0. The fraction of sp³-hybridized carbons (Fsp3) is 0.444. The summed E-state index contributed by atoms with van der Waals surface area (Å²) in [6.07, 6.45) is 2.98. The van der Waals surface area contributed by atoms with Gasteiger partial charge in [-0.2, -0.15) is 0 Å². The first-order chi connectivity index (χ1) is 16.8. The van der Waals surface area contributed by atoms with Gasteiger partial charge in [0.15, 0.2) is 0 Å². The Bertz CT molecular complexity index is 1080. The summed E-state index contributed by atoms with van der Waals surface area (Å²) in [6, 6.07) is 14.7. The number of nitrogens with one attached hydrogen (secondary N) is 2. The Kier molecular flexibility index (Phi) is 7.56. The molecule has 0 aliphatic carbocycles. The largest absolute Gasteiger partial charge is 0.379 e. The van der Waals surface area contributed by atoms with Crippen molar-refractivity contribution in [1.82, 2.24) is 20.1 Å². The van der Waals surface area contributed by atoms with E-state index in [0.29, 0.717) is 12.1 Å². The number of fused-ring (bicyclic) bond motifs is 1. The summed E-state index contributed by atoms with van der Waals surface area (Å²) < 4.78 is 10.8. The molecule has 3 heterocycles. The molecule has 5 rings (SSSR count). The van der Waals surface area contributed by atoms with Gasteiger partial charge in [0.2, 0.25) is 0 Å². The van der Waals surface area contributed by atoms with Crippen LogP contribution in [0.5, 0.6) is 0 Å². The van der Waals surface area contributed by atoms with Crippen LogP contribution in [-0.4, -0.2) is 86.4 Å². The number of aromatic amines is 1. The highest BCUT2D eigenvalue weighted by Crippen LogP contribution is 2.29. The maximum Gasteiger partial charge on any atom is 0.251 e. The predicted molar refractivity (Wildman–Crippen MR) is 134 cm³/mol. The van der Waals surface area contributed by atoms with Crippen LogP contribution in [0.15, 0.2) is 48.7 Å². The summed E-state index contributed by atoms with van der Waals surface area (Å²) in [7, 11) is 0. The number of hydrogen-bond donors (Lipinski definition) is 2. The van der Waals surface area contributed by atoms with Gasteiger partial charge in [-0.15, -0.1) is 0 Å². The van der Waals surface area contributed by atoms with Crippen molar-refractivity contribution in [1.29, 1.82) is 0 Å². The van der Waals surface area contributed by atoms with E-state index in [-0.39, 0.29) is 5.91 Å². The number of rotatable bonds is 8. The topological polar surface area (TPSA) is 69.8 Å². The van der Waals surface area contributed by atoms with Crippen molar-refractivity contribution in [3.05, 3.63) is 59.8 Å². The van der Waals surface area contributed by atoms with Crippen molar-refractivity contribution in [2.24, 2.45) is 0 Å². The number of hydrogen-bond acceptors (Lipinski definition) is 5. The Morgan fingerprint density at radius 1 is 0.912 bits per heavy atom. The number of aromatic nitrogens is 1. The molecule has 7 heteroatoms. The van der Waals surface area contributed by atoms with E-state index in [9.17, 15) is 4.79 Å². The van der Waals surface area contributed by atoms with Gasteiger partial charge in [0.1, 0.15) is 0 Å². The fourth-order valence-electron chi connectivity index (χ4n) is 4.74. The lowest BCUT2D eigenvalue weighted by molar-refractivity contribution is 0.0342. The molecule has 2 aliphatic rings. The highest BCUT2D eigenvalue weighted by atomic mass is 16.5. The van der Waals surface area contributed by atoms with E-state index in [0.717, 1.165) is 88.6 Å².